The van der Waals surface area contributed by atoms with E-state index in [1.807, 2.05) is 26.8 Å². The van der Waals surface area contributed by atoms with Crippen LogP contribution in [0.4, 0.5) is 4.79 Å². The van der Waals surface area contributed by atoms with Gasteiger partial charge in [0.15, 0.2) is 0 Å². The van der Waals surface area contributed by atoms with Crippen molar-refractivity contribution < 1.29 is 14.3 Å². The van der Waals surface area contributed by atoms with Crippen molar-refractivity contribution in [3.63, 3.8) is 0 Å². The smallest absolute Gasteiger partial charge is 0.410 e. The third kappa shape index (κ3) is 6.87. The maximum Gasteiger partial charge on any atom is 0.410 e. The molecule has 0 saturated carbocycles. The molecule has 2 amide bonds. The van der Waals surface area contributed by atoms with Crippen LogP contribution in [0.15, 0.2) is 18.2 Å². The number of hydrogen-bond donors (Lipinski definition) is 0. The number of likely N-dealkylation sites (N-methyl/N-ethyl adjacent to an activating group) is 1. The minimum absolute atomic E-state index is 0.0202. The monoisotopic (exact) mass is 415 g/mol. The fourth-order valence-electron chi connectivity index (χ4n) is 2.73. The number of ether oxygens (including phenoxy) is 1. The van der Waals surface area contributed by atoms with Gasteiger partial charge >= 0.3 is 6.09 Å². The Morgan fingerprint density at radius 3 is 2.30 bits per heavy atom. The van der Waals surface area contributed by atoms with Crippen LogP contribution in [0.25, 0.3) is 0 Å². The minimum Gasteiger partial charge on any atom is -0.444 e. The van der Waals surface area contributed by atoms with Crippen LogP contribution in [0.3, 0.4) is 0 Å². The summed E-state index contributed by atoms with van der Waals surface area (Å²) in [7, 11) is 1.77. The minimum atomic E-state index is -0.503. The SMILES string of the molecule is CN(Cc1ccc(Cl)c(Cl)c1)C(=O)CN1CCN(C(=O)OC(C)(C)C)CC1. The first kappa shape index (κ1) is 21.8. The molecule has 0 bridgehead atoms. The van der Waals surface area contributed by atoms with Crippen LogP contribution >= 0.6 is 23.2 Å². The van der Waals surface area contributed by atoms with E-state index in [1.165, 1.54) is 0 Å². The fourth-order valence-corrected chi connectivity index (χ4v) is 3.05. The van der Waals surface area contributed by atoms with Crippen molar-refractivity contribution in [2.24, 2.45) is 0 Å². The van der Waals surface area contributed by atoms with Gasteiger partial charge < -0.3 is 14.5 Å². The van der Waals surface area contributed by atoms with Gasteiger partial charge in [0.05, 0.1) is 16.6 Å². The number of piperazine rings is 1. The Morgan fingerprint density at radius 1 is 1.11 bits per heavy atom. The number of benzene rings is 1. The molecule has 1 aliphatic heterocycles. The summed E-state index contributed by atoms with van der Waals surface area (Å²) in [5, 5.41) is 0.977. The molecule has 0 radical (unpaired) electrons. The average Bonchev–Trinajstić information content (AvgIpc) is 2.57. The first-order valence-electron chi connectivity index (χ1n) is 8.93. The zero-order chi connectivity index (χ0) is 20.2. The zero-order valence-corrected chi connectivity index (χ0v) is 17.8. The maximum absolute atomic E-state index is 12.5. The Kier molecular flexibility index (Phi) is 7.37. The lowest BCUT2D eigenvalue weighted by molar-refractivity contribution is -0.132. The lowest BCUT2D eigenvalue weighted by atomic mass is 10.2. The van der Waals surface area contributed by atoms with Gasteiger partial charge in [-0.25, -0.2) is 4.79 Å². The average molecular weight is 416 g/mol. The molecule has 1 aliphatic rings. The Bertz CT molecular complexity index is 683. The Labute approximate surface area is 170 Å². The number of carbonyl (C=O) groups is 2. The van der Waals surface area contributed by atoms with Gasteiger partial charge in [-0.1, -0.05) is 29.3 Å². The van der Waals surface area contributed by atoms with Crippen molar-refractivity contribution in [1.82, 2.24) is 14.7 Å². The van der Waals surface area contributed by atoms with Crippen molar-refractivity contribution in [3.05, 3.63) is 33.8 Å². The number of amides is 2. The second-order valence-electron chi connectivity index (χ2n) is 7.74. The van der Waals surface area contributed by atoms with Crippen LogP contribution in [-0.4, -0.2) is 72.1 Å². The first-order valence-corrected chi connectivity index (χ1v) is 9.69. The fraction of sp³-hybridized carbons (Fsp3) is 0.579. The van der Waals surface area contributed by atoms with Crippen molar-refractivity contribution in [2.45, 2.75) is 32.9 Å². The Balaban J connectivity index is 1.79. The molecule has 1 aromatic carbocycles. The Morgan fingerprint density at radius 2 is 1.74 bits per heavy atom. The largest absolute Gasteiger partial charge is 0.444 e. The highest BCUT2D eigenvalue weighted by Gasteiger charge is 2.27. The van der Waals surface area contributed by atoms with Gasteiger partial charge in [0.1, 0.15) is 5.60 Å². The van der Waals surface area contributed by atoms with Crippen LogP contribution < -0.4 is 0 Å². The summed E-state index contributed by atoms with van der Waals surface area (Å²) in [6, 6.07) is 5.36. The van der Waals surface area contributed by atoms with Crippen molar-refractivity contribution in [3.8, 4) is 0 Å². The van der Waals surface area contributed by atoms with Gasteiger partial charge in [-0.2, -0.15) is 0 Å². The van der Waals surface area contributed by atoms with Crippen LogP contribution in [0.2, 0.25) is 10.0 Å². The third-order valence-corrected chi connectivity index (χ3v) is 4.95. The van der Waals surface area contributed by atoms with Crippen molar-refractivity contribution in [1.29, 1.82) is 0 Å². The summed E-state index contributed by atoms with van der Waals surface area (Å²) in [6.07, 6.45) is -0.301. The highest BCUT2D eigenvalue weighted by atomic mass is 35.5. The van der Waals surface area contributed by atoms with E-state index in [-0.39, 0.29) is 12.0 Å². The number of halogens is 2. The summed E-state index contributed by atoms with van der Waals surface area (Å²) in [5.74, 6) is 0.0202. The molecule has 1 fully saturated rings. The molecular formula is C19H27Cl2N3O3. The van der Waals surface area contributed by atoms with Gasteiger partial charge in [0.25, 0.3) is 0 Å². The first-order chi connectivity index (χ1) is 12.5. The standard InChI is InChI=1S/C19H27Cl2N3O3/c1-19(2,3)27-18(26)24-9-7-23(8-10-24)13-17(25)22(4)12-14-5-6-15(20)16(21)11-14/h5-6,11H,7-10,12-13H2,1-4H3. The highest BCUT2D eigenvalue weighted by molar-refractivity contribution is 6.42. The lowest BCUT2D eigenvalue weighted by Gasteiger charge is -2.35. The molecule has 0 aliphatic carbocycles. The quantitative estimate of drug-likeness (QED) is 0.754. The normalized spacial score (nSPS) is 15.6. The van der Waals surface area contributed by atoms with E-state index in [0.29, 0.717) is 49.3 Å². The molecule has 0 aromatic heterocycles. The van der Waals surface area contributed by atoms with Crippen LogP contribution in [0, 0.1) is 0 Å². The van der Waals surface area contributed by atoms with Crippen molar-refractivity contribution >= 4 is 35.2 Å². The topological polar surface area (TPSA) is 53.1 Å². The van der Waals surface area contributed by atoms with E-state index in [0.717, 1.165) is 5.56 Å². The lowest BCUT2D eigenvalue weighted by Crippen LogP contribution is -2.52. The molecule has 1 heterocycles. The maximum atomic E-state index is 12.5. The van der Waals surface area contributed by atoms with E-state index in [2.05, 4.69) is 4.90 Å². The predicted octanol–water partition coefficient (Wildman–Crippen LogP) is 3.50. The molecule has 0 unspecified atom stereocenters. The summed E-state index contributed by atoms with van der Waals surface area (Å²) in [5.41, 5.74) is 0.423. The molecule has 1 aromatic rings. The van der Waals surface area contributed by atoms with E-state index in [9.17, 15) is 9.59 Å². The number of carbonyl (C=O) groups excluding carboxylic acids is 2. The summed E-state index contributed by atoms with van der Waals surface area (Å²) >= 11 is 11.9. The molecule has 2 rings (SSSR count). The van der Waals surface area contributed by atoms with Crippen LogP contribution in [0.5, 0.6) is 0 Å². The third-order valence-electron chi connectivity index (χ3n) is 4.21. The van der Waals surface area contributed by atoms with Gasteiger partial charge in [0, 0.05) is 39.8 Å². The summed E-state index contributed by atoms with van der Waals surface area (Å²) in [4.78, 5) is 30.0. The van der Waals surface area contributed by atoms with E-state index in [1.54, 1.807) is 29.0 Å². The number of hydrogen-bond acceptors (Lipinski definition) is 4. The van der Waals surface area contributed by atoms with Gasteiger partial charge in [0.2, 0.25) is 5.91 Å². The molecule has 150 valence electrons. The van der Waals surface area contributed by atoms with Crippen molar-refractivity contribution in [2.75, 3.05) is 39.8 Å². The molecule has 0 spiro atoms. The van der Waals surface area contributed by atoms with Crippen LogP contribution in [-0.2, 0) is 16.1 Å². The number of rotatable bonds is 4. The second kappa shape index (κ2) is 9.13. The highest BCUT2D eigenvalue weighted by Crippen LogP contribution is 2.23. The zero-order valence-electron chi connectivity index (χ0n) is 16.3. The molecule has 6 nitrogen and oxygen atoms in total. The molecule has 1 saturated heterocycles. The van der Waals surface area contributed by atoms with E-state index < -0.39 is 5.60 Å². The molecule has 8 heteroatoms. The van der Waals surface area contributed by atoms with E-state index in [4.69, 9.17) is 27.9 Å². The summed E-state index contributed by atoms with van der Waals surface area (Å²) in [6.45, 7) is 8.73. The molecule has 27 heavy (non-hydrogen) atoms. The van der Waals surface area contributed by atoms with Gasteiger partial charge in [-0.05, 0) is 38.5 Å². The summed E-state index contributed by atoms with van der Waals surface area (Å²) < 4.78 is 5.39. The predicted molar refractivity (Wildman–Crippen MR) is 107 cm³/mol. The van der Waals surface area contributed by atoms with Gasteiger partial charge in [-0.15, -0.1) is 0 Å². The molecule has 0 N–H and O–H groups in total. The Hall–Kier alpha value is -1.50. The van der Waals surface area contributed by atoms with E-state index >= 15 is 0 Å². The molecular weight excluding hydrogens is 389 g/mol. The molecule has 0 atom stereocenters. The van der Waals surface area contributed by atoms with Gasteiger partial charge in [-0.3, -0.25) is 9.69 Å². The second-order valence-corrected chi connectivity index (χ2v) is 8.56. The number of nitrogens with zero attached hydrogens (tertiary/aromatic N) is 3. The van der Waals surface area contributed by atoms with Crippen LogP contribution in [0.1, 0.15) is 26.3 Å².